The molecule has 1 aliphatic rings. The number of hydrazine groups is 1. The Morgan fingerprint density at radius 2 is 2.03 bits per heavy atom. The third kappa shape index (κ3) is 5.94. The van der Waals surface area contributed by atoms with Crippen molar-refractivity contribution in [1.29, 1.82) is 0 Å². The van der Waals surface area contributed by atoms with Crippen LogP contribution in [-0.4, -0.2) is 41.2 Å². The molecule has 29 heavy (non-hydrogen) atoms. The summed E-state index contributed by atoms with van der Waals surface area (Å²) >= 11 is 0.280. The molecule has 1 aliphatic heterocycles. The van der Waals surface area contributed by atoms with Crippen LogP contribution in [0, 0.1) is 5.82 Å². The van der Waals surface area contributed by atoms with Crippen LogP contribution in [0.15, 0.2) is 47.6 Å². The van der Waals surface area contributed by atoms with E-state index in [-0.39, 0.29) is 46.2 Å². The average Bonchev–Trinajstić information content (AvgIpc) is 3.17. The van der Waals surface area contributed by atoms with Crippen LogP contribution in [-0.2, 0) is 0 Å². The Hall–Kier alpha value is -2.10. The zero-order valence-electron chi connectivity index (χ0n) is 15.9. The summed E-state index contributed by atoms with van der Waals surface area (Å²) in [7, 11) is 1.66. The van der Waals surface area contributed by atoms with Crippen LogP contribution < -0.4 is 10.9 Å². The second-order valence-corrected chi connectivity index (χ2v) is 7.91. The Kier molecular flexibility index (Phi) is 7.51. The minimum absolute atomic E-state index is 0.0446. The van der Waals surface area contributed by atoms with Crippen molar-refractivity contribution < 1.29 is 18.0 Å². The summed E-state index contributed by atoms with van der Waals surface area (Å²) in [5, 5.41) is 0.0446. The molecule has 0 radical (unpaired) electrons. The lowest BCUT2D eigenvalue weighted by atomic mass is 9.99. The molecule has 1 fully saturated rings. The fraction of sp³-hybridized carbons (Fsp3) is 0.400. The summed E-state index contributed by atoms with van der Waals surface area (Å²) in [5.41, 5.74) is 7.68. The quantitative estimate of drug-likeness (QED) is 0.628. The highest BCUT2D eigenvalue weighted by Crippen LogP contribution is 2.27. The van der Waals surface area contributed by atoms with Crippen molar-refractivity contribution in [3.8, 4) is 0 Å². The number of hydrogen-bond donors (Lipinski definition) is 2. The zero-order valence-corrected chi connectivity index (χ0v) is 16.8. The minimum atomic E-state index is -2.63. The van der Waals surface area contributed by atoms with Crippen LogP contribution in [0.2, 0.25) is 0 Å². The maximum atomic E-state index is 13.1. The zero-order chi connectivity index (χ0) is 20.8. The van der Waals surface area contributed by atoms with Crippen LogP contribution in [0.25, 0.3) is 0 Å². The first-order valence-corrected chi connectivity index (χ1v) is 10.2. The van der Waals surface area contributed by atoms with E-state index >= 15 is 0 Å². The van der Waals surface area contributed by atoms with E-state index in [4.69, 9.17) is 0 Å². The Bertz CT molecular complexity index is 822. The van der Waals surface area contributed by atoms with Gasteiger partial charge in [0.1, 0.15) is 10.8 Å². The van der Waals surface area contributed by atoms with Crippen molar-refractivity contribution in [2.24, 2.45) is 0 Å². The number of carbonyl (C=O) groups excluding carboxylic acids is 1. The van der Waals surface area contributed by atoms with E-state index in [9.17, 15) is 18.0 Å². The summed E-state index contributed by atoms with van der Waals surface area (Å²) in [6.45, 7) is 0.506. The number of aromatic nitrogens is 1. The standard InChI is InChI=1S/C20H23F3N4OS/c1-27(19(28)16-5-2-10-24-18(16)29-20(22)23)11-3-4-15-12-17(26-25-15)13-6-8-14(21)9-7-13/h2,5-10,15,17,20,25-26H,3-4,11-12H2,1H3. The van der Waals surface area contributed by atoms with Crippen molar-refractivity contribution in [2.45, 2.75) is 42.1 Å². The molecule has 0 saturated carbocycles. The third-order valence-electron chi connectivity index (χ3n) is 4.85. The SMILES string of the molecule is CN(CCCC1CC(c2ccc(F)cc2)NN1)C(=O)c1cccnc1SC(F)F. The first kappa shape index (κ1) is 21.6. The molecule has 1 amide bonds. The second-order valence-electron chi connectivity index (χ2n) is 6.93. The predicted molar refractivity (Wildman–Crippen MR) is 106 cm³/mol. The van der Waals surface area contributed by atoms with Crippen molar-refractivity contribution in [2.75, 3.05) is 13.6 Å². The van der Waals surface area contributed by atoms with Crippen LogP contribution >= 0.6 is 11.8 Å². The molecule has 156 valence electrons. The van der Waals surface area contributed by atoms with E-state index in [1.807, 2.05) is 0 Å². The van der Waals surface area contributed by atoms with Gasteiger partial charge in [-0.25, -0.2) is 9.37 Å². The minimum Gasteiger partial charge on any atom is -0.342 e. The van der Waals surface area contributed by atoms with Gasteiger partial charge < -0.3 is 4.90 Å². The fourth-order valence-electron chi connectivity index (χ4n) is 3.34. The molecule has 1 saturated heterocycles. The maximum Gasteiger partial charge on any atom is 0.290 e. The number of thioether (sulfide) groups is 1. The van der Waals surface area contributed by atoms with Crippen LogP contribution in [0.5, 0.6) is 0 Å². The molecule has 2 heterocycles. The number of nitrogens with zero attached hydrogens (tertiary/aromatic N) is 2. The molecule has 5 nitrogen and oxygen atoms in total. The maximum absolute atomic E-state index is 13.1. The summed E-state index contributed by atoms with van der Waals surface area (Å²) < 4.78 is 38.4. The Balaban J connectivity index is 1.47. The highest BCUT2D eigenvalue weighted by Gasteiger charge is 2.25. The van der Waals surface area contributed by atoms with Crippen molar-refractivity contribution in [3.05, 3.63) is 59.5 Å². The number of hydrogen-bond acceptors (Lipinski definition) is 5. The lowest BCUT2D eigenvalue weighted by molar-refractivity contribution is 0.0787. The smallest absolute Gasteiger partial charge is 0.290 e. The molecule has 2 aromatic rings. The topological polar surface area (TPSA) is 57.3 Å². The lowest BCUT2D eigenvalue weighted by Crippen LogP contribution is -2.32. The number of nitrogens with one attached hydrogen (secondary N) is 2. The predicted octanol–water partition coefficient (Wildman–Crippen LogP) is 4.00. The Morgan fingerprint density at radius 3 is 2.76 bits per heavy atom. The van der Waals surface area contributed by atoms with Gasteiger partial charge in [0.05, 0.1) is 5.56 Å². The van der Waals surface area contributed by atoms with Gasteiger partial charge >= 0.3 is 0 Å². The summed E-state index contributed by atoms with van der Waals surface area (Å²) in [6.07, 6.45) is 3.86. The van der Waals surface area contributed by atoms with Gasteiger partial charge in [-0.15, -0.1) is 0 Å². The van der Waals surface area contributed by atoms with Crippen LogP contribution in [0.3, 0.4) is 0 Å². The highest BCUT2D eigenvalue weighted by atomic mass is 32.2. The second kappa shape index (κ2) is 10.1. The molecule has 1 aromatic heterocycles. The van der Waals surface area contributed by atoms with Crippen molar-refractivity contribution in [3.63, 3.8) is 0 Å². The van der Waals surface area contributed by atoms with Crippen molar-refractivity contribution in [1.82, 2.24) is 20.7 Å². The molecule has 3 rings (SSSR count). The Morgan fingerprint density at radius 1 is 1.28 bits per heavy atom. The summed E-state index contributed by atoms with van der Waals surface area (Å²) in [4.78, 5) is 18.0. The number of rotatable bonds is 8. The number of pyridine rings is 1. The van der Waals surface area contributed by atoms with E-state index in [2.05, 4.69) is 15.8 Å². The van der Waals surface area contributed by atoms with Gasteiger partial charge in [0, 0.05) is 31.9 Å². The molecule has 0 aliphatic carbocycles. The van der Waals surface area contributed by atoms with Crippen LogP contribution in [0.1, 0.15) is 41.2 Å². The fourth-order valence-corrected chi connectivity index (χ4v) is 3.91. The number of alkyl halides is 2. The van der Waals surface area contributed by atoms with Gasteiger partial charge in [-0.1, -0.05) is 12.1 Å². The molecular weight excluding hydrogens is 401 g/mol. The molecule has 1 aromatic carbocycles. The van der Waals surface area contributed by atoms with Gasteiger partial charge in [-0.05, 0) is 60.9 Å². The van der Waals surface area contributed by atoms with Gasteiger partial charge in [0.15, 0.2) is 0 Å². The molecule has 2 unspecified atom stereocenters. The molecule has 2 atom stereocenters. The summed E-state index contributed by atoms with van der Waals surface area (Å²) in [6, 6.07) is 9.88. The number of carbonyl (C=O) groups is 1. The van der Waals surface area contributed by atoms with Gasteiger partial charge in [0.2, 0.25) is 0 Å². The number of halogens is 3. The number of amides is 1. The largest absolute Gasteiger partial charge is 0.342 e. The van der Waals surface area contributed by atoms with E-state index in [1.165, 1.54) is 29.3 Å². The van der Waals surface area contributed by atoms with E-state index in [0.717, 1.165) is 24.8 Å². The van der Waals surface area contributed by atoms with Crippen molar-refractivity contribution >= 4 is 17.7 Å². The lowest BCUT2D eigenvalue weighted by Gasteiger charge is -2.19. The molecule has 0 spiro atoms. The molecule has 2 N–H and O–H groups in total. The van der Waals surface area contributed by atoms with E-state index in [0.29, 0.717) is 6.54 Å². The summed E-state index contributed by atoms with van der Waals surface area (Å²) in [5.74, 6) is -3.20. The van der Waals surface area contributed by atoms with Crippen LogP contribution in [0.4, 0.5) is 13.2 Å². The molecule has 9 heteroatoms. The first-order valence-electron chi connectivity index (χ1n) is 9.36. The normalized spacial score (nSPS) is 18.9. The first-order chi connectivity index (χ1) is 13.9. The van der Waals surface area contributed by atoms with E-state index in [1.54, 1.807) is 25.2 Å². The van der Waals surface area contributed by atoms with E-state index < -0.39 is 5.76 Å². The third-order valence-corrected chi connectivity index (χ3v) is 5.58. The average molecular weight is 424 g/mol. The molecule has 0 bridgehead atoms. The monoisotopic (exact) mass is 424 g/mol. The van der Waals surface area contributed by atoms with Gasteiger partial charge in [-0.2, -0.15) is 8.78 Å². The van der Waals surface area contributed by atoms with Gasteiger partial charge in [0.25, 0.3) is 11.7 Å². The molecular formula is C20H23F3N4OS. The highest BCUT2D eigenvalue weighted by molar-refractivity contribution is 7.99. The Labute approximate surface area is 172 Å². The van der Waals surface area contributed by atoms with Gasteiger partial charge in [-0.3, -0.25) is 15.6 Å². The number of benzene rings is 1.